The van der Waals surface area contributed by atoms with E-state index in [1.54, 1.807) is 0 Å². The van der Waals surface area contributed by atoms with E-state index in [-0.39, 0.29) is 0 Å². The molecule has 0 amide bonds. The molecule has 1 aliphatic heterocycles. The second kappa shape index (κ2) is 5.05. The van der Waals surface area contributed by atoms with Gasteiger partial charge in [0.15, 0.2) is 0 Å². The Morgan fingerprint density at radius 1 is 1.42 bits per heavy atom. The molecular formula is C15H19N3O. The lowest BCUT2D eigenvalue weighted by atomic mass is 10.0. The molecule has 0 saturated heterocycles. The molecule has 0 radical (unpaired) electrons. The van der Waals surface area contributed by atoms with Gasteiger partial charge in [-0.1, -0.05) is 18.2 Å². The molecule has 0 bridgehead atoms. The van der Waals surface area contributed by atoms with Gasteiger partial charge in [0, 0.05) is 30.8 Å². The molecule has 0 fully saturated rings. The summed E-state index contributed by atoms with van der Waals surface area (Å²) in [5.41, 5.74) is 2.54. The maximum atomic E-state index is 5.75. The Kier molecular flexibility index (Phi) is 3.25. The van der Waals surface area contributed by atoms with E-state index in [4.69, 9.17) is 4.74 Å². The van der Waals surface area contributed by atoms with E-state index in [0.29, 0.717) is 5.92 Å². The van der Waals surface area contributed by atoms with Gasteiger partial charge in [-0.05, 0) is 20.0 Å². The Balaban J connectivity index is 1.85. The zero-order valence-electron chi connectivity index (χ0n) is 11.4. The highest BCUT2D eigenvalue weighted by Gasteiger charge is 2.25. The van der Waals surface area contributed by atoms with Crippen molar-refractivity contribution in [3.63, 3.8) is 0 Å². The third-order valence-corrected chi connectivity index (χ3v) is 3.70. The predicted octanol–water partition coefficient (Wildman–Crippen LogP) is 2.09. The Morgan fingerprint density at radius 3 is 3.11 bits per heavy atom. The smallest absolute Gasteiger partial charge is 0.122 e. The lowest BCUT2D eigenvalue weighted by Crippen LogP contribution is -2.17. The molecule has 1 aromatic carbocycles. The van der Waals surface area contributed by atoms with Crippen molar-refractivity contribution in [3.8, 4) is 5.75 Å². The van der Waals surface area contributed by atoms with Crippen LogP contribution in [-0.4, -0.2) is 23.2 Å². The SMILES string of the molecule is CNCc1cnc(C)n1CC1COc2ccccc21. The summed E-state index contributed by atoms with van der Waals surface area (Å²) in [4.78, 5) is 4.42. The summed E-state index contributed by atoms with van der Waals surface area (Å²) in [7, 11) is 1.96. The number of nitrogens with one attached hydrogen (secondary N) is 1. The summed E-state index contributed by atoms with van der Waals surface area (Å²) in [6.07, 6.45) is 1.95. The molecule has 0 spiro atoms. The van der Waals surface area contributed by atoms with Gasteiger partial charge in [-0.3, -0.25) is 0 Å². The molecule has 1 atom stereocenters. The van der Waals surface area contributed by atoms with Gasteiger partial charge in [-0.2, -0.15) is 0 Å². The van der Waals surface area contributed by atoms with E-state index in [0.717, 1.165) is 31.3 Å². The van der Waals surface area contributed by atoms with E-state index < -0.39 is 0 Å². The van der Waals surface area contributed by atoms with Crippen molar-refractivity contribution in [2.24, 2.45) is 0 Å². The first-order valence-electron chi connectivity index (χ1n) is 6.67. The molecule has 2 aromatic rings. The molecule has 1 N–H and O–H groups in total. The summed E-state index contributed by atoms with van der Waals surface area (Å²) in [5, 5.41) is 3.19. The van der Waals surface area contributed by atoms with Crippen molar-refractivity contribution < 1.29 is 4.74 Å². The second-order valence-corrected chi connectivity index (χ2v) is 4.98. The van der Waals surface area contributed by atoms with Gasteiger partial charge >= 0.3 is 0 Å². The highest BCUT2D eigenvalue weighted by Crippen LogP contribution is 2.34. The Hall–Kier alpha value is -1.81. The first-order chi connectivity index (χ1) is 9.29. The summed E-state index contributed by atoms with van der Waals surface area (Å²) < 4.78 is 8.03. The summed E-state index contributed by atoms with van der Waals surface area (Å²) in [6.45, 7) is 4.59. The number of hydrogen-bond acceptors (Lipinski definition) is 3. The summed E-state index contributed by atoms with van der Waals surface area (Å²) in [5.74, 6) is 2.51. The first kappa shape index (κ1) is 12.2. The molecule has 4 heteroatoms. The number of ether oxygens (including phenoxy) is 1. The van der Waals surface area contributed by atoms with Crippen LogP contribution in [-0.2, 0) is 13.1 Å². The van der Waals surface area contributed by atoms with Crippen LogP contribution in [0.25, 0.3) is 0 Å². The molecular weight excluding hydrogens is 238 g/mol. The lowest BCUT2D eigenvalue weighted by Gasteiger charge is -2.14. The average Bonchev–Trinajstić information content (AvgIpc) is 2.98. The highest BCUT2D eigenvalue weighted by molar-refractivity contribution is 5.39. The molecule has 1 aliphatic rings. The van der Waals surface area contributed by atoms with Gasteiger partial charge in [-0.25, -0.2) is 4.98 Å². The van der Waals surface area contributed by atoms with Crippen molar-refractivity contribution in [2.45, 2.75) is 25.9 Å². The minimum atomic E-state index is 0.416. The van der Waals surface area contributed by atoms with E-state index in [2.05, 4.69) is 33.9 Å². The number of rotatable bonds is 4. The summed E-state index contributed by atoms with van der Waals surface area (Å²) >= 11 is 0. The molecule has 0 aliphatic carbocycles. The fourth-order valence-corrected chi connectivity index (χ4v) is 2.69. The van der Waals surface area contributed by atoms with Crippen LogP contribution in [0, 0.1) is 6.92 Å². The van der Waals surface area contributed by atoms with Crippen LogP contribution >= 0.6 is 0 Å². The number of aromatic nitrogens is 2. The Labute approximate surface area is 113 Å². The van der Waals surface area contributed by atoms with Crippen LogP contribution in [0.15, 0.2) is 30.5 Å². The summed E-state index contributed by atoms with van der Waals surface area (Å²) in [6, 6.07) is 8.31. The number of benzene rings is 1. The molecule has 3 rings (SSSR count). The number of hydrogen-bond donors (Lipinski definition) is 1. The van der Waals surface area contributed by atoms with Gasteiger partial charge < -0.3 is 14.6 Å². The van der Waals surface area contributed by atoms with E-state index >= 15 is 0 Å². The first-order valence-corrected chi connectivity index (χ1v) is 6.67. The van der Waals surface area contributed by atoms with Crippen molar-refractivity contribution in [1.29, 1.82) is 0 Å². The molecule has 2 heterocycles. The quantitative estimate of drug-likeness (QED) is 0.911. The third-order valence-electron chi connectivity index (χ3n) is 3.70. The van der Waals surface area contributed by atoms with Crippen LogP contribution in [0.1, 0.15) is 23.0 Å². The zero-order valence-corrected chi connectivity index (χ0v) is 11.4. The molecule has 0 saturated carbocycles. The monoisotopic (exact) mass is 257 g/mol. The van der Waals surface area contributed by atoms with Crippen molar-refractivity contribution >= 4 is 0 Å². The van der Waals surface area contributed by atoms with Gasteiger partial charge in [0.1, 0.15) is 11.6 Å². The Morgan fingerprint density at radius 2 is 2.26 bits per heavy atom. The molecule has 1 aromatic heterocycles. The van der Waals surface area contributed by atoms with Gasteiger partial charge in [0.05, 0.1) is 12.3 Å². The van der Waals surface area contributed by atoms with Crippen molar-refractivity contribution in [1.82, 2.24) is 14.9 Å². The molecule has 4 nitrogen and oxygen atoms in total. The number of aryl methyl sites for hydroxylation is 1. The van der Waals surface area contributed by atoms with Gasteiger partial charge in [0.25, 0.3) is 0 Å². The van der Waals surface area contributed by atoms with Gasteiger partial charge in [0.2, 0.25) is 0 Å². The fraction of sp³-hybridized carbons (Fsp3) is 0.400. The van der Waals surface area contributed by atoms with E-state index in [9.17, 15) is 0 Å². The number of fused-ring (bicyclic) bond motifs is 1. The molecule has 100 valence electrons. The van der Waals surface area contributed by atoms with Crippen LogP contribution in [0.5, 0.6) is 5.75 Å². The minimum absolute atomic E-state index is 0.416. The van der Waals surface area contributed by atoms with Crippen molar-refractivity contribution in [3.05, 3.63) is 47.5 Å². The zero-order chi connectivity index (χ0) is 13.2. The maximum absolute atomic E-state index is 5.75. The average molecular weight is 257 g/mol. The minimum Gasteiger partial charge on any atom is -0.493 e. The van der Waals surface area contributed by atoms with Crippen LogP contribution in [0.3, 0.4) is 0 Å². The van der Waals surface area contributed by atoms with Crippen molar-refractivity contribution in [2.75, 3.05) is 13.7 Å². The normalized spacial score (nSPS) is 17.3. The molecule has 19 heavy (non-hydrogen) atoms. The largest absolute Gasteiger partial charge is 0.493 e. The number of nitrogens with zero attached hydrogens (tertiary/aromatic N) is 2. The van der Waals surface area contributed by atoms with E-state index in [1.165, 1.54) is 11.3 Å². The maximum Gasteiger partial charge on any atom is 0.122 e. The van der Waals surface area contributed by atoms with Gasteiger partial charge in [-0.15, -0.1) is 0 Å². The van der Waals surface area contributed by atoms with Crippen LogP contribution in [0.4, 0.5) is 0 Å². The standard InChI is InChI=1S/C15H19N3O/c1-11-17-8-13(7-16-2)18(11)9-12-10-19-15-6-4-3-5-14(12)15/h3-6,8,12,16H,7,9-10H2,1-2H3. The van der Waals surface area contributed by atoms with Crippen LogP contribution in [0.2, 0.25) is 0 Å². The van der Waals surface area contributed by atoms with E-state index in [1.807, 2.05) is 25.4 Å². The fourth-order valence-electron chi connectivity index (χ4n) is 2.69. The topological polar surface area (TPSA) is 39.1 Å². The Bertz CT molecular complexity index is 577. The third kappa shape index (κ3) is 2.24. The van der Waals surface area contributed by atoms with Crippen LogP contribution < -0.4 is 10.1 Å². The highest BCUT2D eigenvalue weighted by atomic mass is 16.5. The molecule has 1 unspecified atom stereocenters. The number of para-hydroxylation sites is 1. The second-order valence-electron chi connectivity index (χ2n) is 4.98. The predicted molar refractivity (Wildman–Crippen MR) is 74.4 cm³/mol. The number of imidazole rings is 1. The lowest BCUT2D eigenvalue weighted by molar-refractivity contribution is 0.317.